The third-order valence-corrected chi connectivity index (χ3v) is 3.62. The number of ether oxygens (including phenoxy) is 1. The summed E-state index contributed by atoms with van der Waals surface area (Å²) in [5.74, 6) is -6.26. The normalized spacial score (nSPS) is 35.4. The van der Waals surface area contributed by atoms with E-state index in [9.17, 15) is 18.4 Å². The van der Waals surface area contributed by atoms with Gasteiger partial charge in [-0.15, -0.1) is 0 Å². The van der Waals surface area contributed by atoms with E-state index in [2.05, 4.69) is 16.6 Å². The van der Waals surface area contributed by atoms with Crippen molar-refractivity contribution in [3.63, 3.8) is 0 Å². The Bertz CT molecular complexity index is 404. The number of rotatable bonds is 4. The van der Waals surface area contributed by atoms with Crippen LogP contribution in [0.5, 0.6) is 0 Å². The number of alkyl carbamates (subject to hydrolysis) is 1. The summed E-state index contributed by atoms with van der Waals surface area (Å²) in [6.07, 6.45) is 0.628. The van der Waals surface area contributed by atoms with Crippen LogP contribution < -0.4 is 5.32 Å². The summed E-state index contributed by atoms with van der Waals surface area (Å²) in [6, 6.07) is -0.447. The molecule has 1 atom stereocenters. The van der Waals surface area contributed by atoms with Gasteiger partial charge in [0.25, 0.3) is 5.92 Å². The topological polar surface area (TPSA) is 75.6 Å². The maximum Gasteiger partial charge on any atom is 0.407 e. The molecule has 0 saturated heterocycles. The van der Waals surface area contributed by atoms with E-state index < -0.39 is 35.4 Å². The fraction of sp³-hybridized carbons (Fsp3) is 0.636. The van der Waals surface area contributed by atoms with Gasteiger partial charge in [-0.05, 0) is 12.8 Å². The predicted molar refractivity (Wildman–Crippen MR) is 56.2 cm³/mol. The van der Waals surface area contributed by atoms with E-state index in [-0.39, 0.29) is 19.4 Å². The number of halogens is 2. The highest BCUT2D eigenvalue weighted by Gasteiger charge is 2.87. The summed E-state index contributed by atoms with van der Waals surface area (Å²) in [7, 11) is 0. The lowest BCUT2D eigenvalue weighted by Crippen LogP contribution is -2.48. The van der Waals surface area contributed by atoms with Crippen molar-refractivity contribution in [3.8, 4) is 0 Å². The zero-order chi connectivity index (χ0) is 13.6. The highest BCUT2D eigenvalue weighted by atomic mass is 19.3. The lowest BCUT2D eigenvalue weighted by atomic mass is 9.74. The molecule has 2 saturated carbocycles. The minimum Gasteiger partial charge on any atom is -0.481 e. The molecule has 2 fully saturated rings. The molecule has 7 heteroatoms. The van der Waals surface area contributed by atoms with E-state index in [1.807, 2.05) is 0 Å². The van der Waals surface area contributed by atoms with E-state index in [1.165, 1.54) is 6.08 Å². The van der Waals surface area contributed by atoms with E-state index in [0.717, 1.165) is 0 Å². The largest absolute Gasteiger partial charge is 0.481 e. The van der Waals surface area contributed by atoms with Crippen LogP contribution in [0.25, 0.3) is 0 Å². The maximum absolute atomic E-state index is 13.3. The second-order valence-corrected chi connectivity index (χ2v) is 4.69. The quantitative estimate of drug-likeness (QED) is 0.750. The number of carboxylic acids is 1. The molecular weight excluding hydrogens is 248 g/mol. The van der Waals surface area contributed by atoms with Gasteiger partial charge in [-0.1, -0.05) is 12.7 Å². The molecule has 0 heterocycles. The van der Waals surface area contributed by atoms with E-state index in [4.69, 9.17) is 5.11 Å². The van der Waals surface area contributed by atoms with Crippen molar-refractivity contribution >= 4 is 12.1 Å². The van der Waals surface area contributed by atoms with Crippen molar-refractivity contribution in [2.24, 2.45) is 11.3 Å². The van der Waals surface area contributed by atoms with Gasteiger partial charge in [0.2, 0.25) is 0 Å². The van der Waals surface area contributed by atoms with Crippen LogP contribution >= 0.6 is 0 Å². The number of nitrogens with one attached hydrogen (secondary N) is 1. The van der Waals surface area contributed by atoms with Gasteiger partial charge in [-0.3, -0.25) is 4.79 Å². The monoisotopic (exact) mass is 261 g/mol. The summed E-state index contributed by atoms with van der Waals surface area (Å²) in [6.45, 7) is 3.40. The molecule has 1 amide bonds. The van der Waals surface area contributed by atoms with Crippen LogP contribution in [0.2, 0.25) is 0 Å². The number of hydrogen-bond donors (Lipinski definition) is 2. The Hall–Kier alpha value is -1.66. The van der Waals surface area contributed by atoms with Crippen LogP contribution in [0.3, 0.4) is 0 Å². The summed E-state index contributed by atoms with van der Waals surface area (Å²) >= 11 is 0. The van der Waals surface area contributed by atoms with Crippen LogP contribution in [0.4, 0.5) is 13.6 Å². The molecule has 2 N–H and O–H groups in total. The molecule has 2 rings (SSSR count). The van der Waals surface area contributed by atoms with Crippen LogP contribution in [0.15, 0.2) is 12.7 Å². The highest BCUT2D eigenvalue weighted by Crippen LogP contribution is 2.75. The summed E-state index contributed by atoms with van der Waals surface area (Å²) in [5, 5.41) is 11.1. The smallest absolute Gasteiger partial charge is 0.407 e. The van der Waals surface area contributed by atoms with Gasteiger partial charge in [0.15, 0.2) is 0 Å². The third kappa shape index (κ3) is 1.65. The van der Waals surface area contributed by atoms with E-state index >= 15 is 0 Å². The first-order chi connectivity index (χ1) is 8.35. The van der Waals surface area contributed by atoms with Crippen molar-refractivity contribution < 1.29 is 28.2 Å². The Morgan fingerprint density at radius 1 is 1.50 bits per heavy atom. The van der Waals surface area contributed by atoms with E-state index in [0.29, 0.717) is 0 Å². The Morgan fingerprint density at radius 3 is 2.56 bits per heavy atom. The van der Waals surface area contributed by atoms with Gasteiger partial charge in [0.1, 0.15) is 12.5 Å². The third-order valence-electron chi connectivity index (χ3n) is 3.62. The zero-order valence-corrected chi connectivity index (χ0v) is 9.49. The summed E-state index contributed by atoms with van der Waals surface area (Å²) in [5.41, 5.74) is -1.46. The fourth-order valence-electron chi connectivity index (χ4n) is 2.67. The molecule has 1 spiro atoms. The number of hydrogen-bond acceptors (Lipinski definition) is 3. The van der Waals surface area contributed by atoms with Crippen molar-refractivity contribution in [2.75, 3.05) is 6.61 Å². The second-order valence-electron chi connectivity index (χ2n) is 4.69. The average molecular weight is 261 g/mol. The van der Waals surface area contributed by atoms with Crippen molar-refractivity contribution in [3.05, 3.63) is 12.7 Å². The van der Waals surface area contributed by atoms with Crippen molar-refractivity contribution in [2.45, 2.75) is 24.8 Å². The molecular formula is C11H13F2NO4. The van der Waals surface area contributed by atoms with Crippen molar-refractivity contribution in [1.82, 2.24) is 5.32 Å². The molecule has 100 valence electrons. The van der Waals surface area contributed by atoms with Gasteiger partial charge in [0, 0.05) is 6.04 Å². The Morgan fingerprint density at radius 2 is 2.11 bits per heavy atom. The number of alkyl halides is 2. The fourth-order valence-corrected chi connectivity index (χ4v) is 2.67. The SMILES string of the molecule is C=CCOC(=O)NC1CC2(C1)[C@H](C(=O)O)C2(F)F. The first kappa shape index (κ1) is 12.8. The van der Waals surface area contributed by atoms with Crippen LogP contribution in [-0.4, -0.2) is 35.7 Å². The Balaban J connectivity index is 1.83. The molecule has 0 aromatic carbocycles. The molecule has 0 aliphatic heterocycles. The van der Waals surface area contributed by atoms with E-state index in [1.54, 1.807) is 0 Å². The standard InChI is InChI=1S/C11H13F2NO4/c1-2-3-18-9(17)14-6-4-10(5-6)7(8(15)16)11(10,12)13/h2,6-7H,1,3-5H2,(H,14,17)(H,15,16)/t6?,7-,10?/m0/s1. The molecule has 0 radical (unpaired) electrons. The summed E-state index contributed by atoms with van der Waals surface area (Å²) < 4.78 is 31.3. The minimum atomic E-state index is -3.16. The molecule has 0 unspecified atom stereocenters. The molecule has 18 heavy (non-hydrogen) atoms. The highest BCUT2D eigenvalue weighted by molar-refractivity contribution is 5.78. The first-order valence-corrected chi connectivity index (χ1v) is 5.50. The maximum atomic E-state index is 13.3. The molecule has 0 aromatic heterocycles. The first-order valence-electron chi connectivity index (χ1n) is 5.50. The van der Waals surface area contributed by atoms with Gasteiger partial charge in [0.05, 0.1) is 5.41 Å². The van der Waals surface area contributed by atoms with Gasteiger partial charge in [-0.25, -0.2) is 13.6 Å². The number of carbonyl (C=O) groups excluding carboxylic acids is 1. The molecule has 2 aliphatic rings. The second kappa shape index (κ2) is 3.93. The Labute approximate surface area is 102 Å². The van der Waals surface area contributed by atoms with Crippen LogP contribution in [-0.2, 0) is 9.53 Å². The average Bonchev–Trinajstić information content (AvgIpc) is 2.72. The molecule has 0 aromatic rings. The van der Waals surface area contributed by atoms with Crippen LogP contribution in [0.1, 0.15) is 12.8 Å². The van der Waals surface area contributed by atoms with Gasteiger partial charge < -0.3 is 15.2 Å². The van der Waals surface area contributed by atoms with Crippen LogP contribution in [0, 0.1) is 11.3 Å². The molecule has 5 nitrogen and oxygen atoms in total. The summed E-state index contributed by atoms with van der Waals surface area (Å²) in [4.78, 5) is 21.8. The molecule has 0 bridgehead atoms. The lowest BCUT2D eigenvalue weighted by molar-refractivity contribution is -0.141. The van der Waals surface area contributed by atoms with Crippen molar-refractivity contribution in [1.29, 1.82) is 0 Å². The number of aliphatic carboxylic acids is 1. The Kier molecular flexibility index (Phi) is 2.79. The predicted octanol–water partition coefficient (Wildman–Crippen LogP) is 1.40. The van der Waals surface area contributed by atoms with Gasteiger partial charge >= 0.3 is 12.1 Å². The minimum absolute atomic E-state index is 0.0276. The number of amides is 1. The lowest BCUT2D eigenvalue weighted by Gasteiger charge is -2.36. The molecule has 2 aliphatic carbocycles. The zero-order valence-electron chi connectivity index (χ0n) is 9.49. The number of carboxylic acid groups (broad SMARTS) is 1. The number of carbonyl (C=O) groups is 2. The van der Waals surface area contributed by atoms with Gasteiger partial charge in [-0.2, -0.15) is 0 Å².